The van der Waals surface area contributed by atoms with Crippen LogP contribution in [0.4, 0.5) is 4.39 Å². The van der Waals surface area contributed by atoms with Crippen molar-refractivity contribution >= 4 is 17.7 Å². The number of hydrogen-bond acceptors (Lipinski definition) is 5. The molecule has 0 aliphatic carbocycles. The molecule has 3 rings (SSSR count). The van der Waals surface area contributed by atoms with Crippen LogP contribution < -0.4 is 5.32 Å². The van der Waals surface area contributed by atoms with E-state index in [0.29, 0.717) is 17.7 Å². The Morgan fingerprint density at radius 2 is 1.81 bits per heavy atom. The smallest absolute Gasteiger partial charge is 0.277 e. The summed E-state index contributed by atoms with van der Waals surface area (Å²) in [6.07, 6.45) is 0. The summed E-state index contributed by atoms with van der Waals surface area (Å²) in [6.45, 7) is 6.12. The SMILES string of the molecule is Cc1cc(C)cc(-c2nnc(S[C@@H](C)C(=O)NCc3ccc(F)cc3)o2)c1. The number of rotatable bonds is 6. The van der Waals surface area contributed by atoms with Gasteiger partial charge in [0.05, 0.1) is 5.25 Å². The zero-order chi connectivity index (χ0) is 19.4. The Hall–Kier alpha value is -2.67. The molecule has 5 nitrogen and oxygen atoms in total. The van der Waals surface area contributed by atoms with E-state index in [9.17, 15) is 9.18 Å². The number of aryl methyl sites for hydroxylation is 2. The minimum absolute atomic E-state index is 0.157. The molecule has 0 unspecified atom stereocenters. The van der Waals surface area contributed by atoms with Crippen LogP contribution in [0.1, 0.15) is 23.6 Å². The Balaban J connectivity index is 1.59. The third kappa shape index (κ3) is 5.17. The molecular weight excluding hydrogens is 365 g/mol. The number of carbonyl (C=O) groups excluding carboxylic acids is 1. The summed E-state index contributed by atoms with van der Waals surface area (Å²) in [5, 5.41) is 10.9. The molecule has 1 heterocycles. The predicted molar refractivity (Wildman–Crippen MR) is 103 cm³/mol. The zero-order valence-electron chi connectivity index (χ0n) is 15.3. The first kappa shape index (κ1) is 19.1. The van der Waals surface area contributed by atoms with Crippen LogP contribution in [0.2, 0.25) is 0 Å². The zero-order valence-corrected chi connectivity index (χ0v) is 16.1. The Labute approximate surface area is 161 Å². The van der Waals surface area contributed by atoms with Crippen molar-refractivity contribution in [1.29, 1.82) is 0 Å². The number of halogens is 1. The molecule has 1 N–H and O–H groups in total. The summed E-state index contributed by atoms with van der Waals surface area (Å²) >= 11 is 1.20. The van der Waals surface area contributed by atoms with Crippen LogP contribution in [0.3, 0.4) is 0 Å². The number of benzene rings is 2. The molecule has 7 heteroatoms. The van der Waals surface area contributed by atoms with Crippen molar-refractivity contribution in [3.05, 3.63) is 65.0 Å². The lowest BCUT2D eigenvalue weighted by Gasteiger charge is -2.09. The lowest BCUT2D eigenvalue weighted by molar-refractivity contribution is -0.120. The monoisotopic (exact) mass is 385 g/mol. The number of nitrogens with one attached hydrogen (secondary N) is 1. The van der Waals surface area contributed by atoms with Crippen LogP contribution in [0.15, 0.2) is 52.1 Å². The maximum absolute atomic E-state index is 12.9. The lowest BCUT2D eigenvalue weighted by Crippen LogP contribution is -2.30. The molecule has 140 valence electrons. The molecule has 3 aromatic rings. The van der Waals surface area contributed by atoms with E-state index in [1.165, 1.54) is 23.9 Å². The molecule has 0 fully saturated rings. The van der Waals surface area contributed by atoms with Crippen molar-refractivity contribution < 1.29 is 13.6 Å². The van der Waals surface area contributed by atoms with Crippen molar-refractivity contribution in [2.24, 2.45) is 0 Å². The van der Waals surface area contributed by atoms with Crippen LogP contribution >= 0.6 is 11.8 Å². The minimum atomic E-state index is -0.405. The highest BCUT2D eigenvalue weighted by Crippen LogP contribution is 2.27. The molecule has 0 aliphatic rings. The quantitative estimate of drug-likeness (QED) is 0.641. The third-order valence-electron chi connectivity index (χ3n) is 3.90. The fourth-order valence-electron chi connectivity index (χ4n) is 2.61. The largest absolute Gasteiger partial charge is 0.411 e. The second-order valence-corrected chi connectivity index (χ2v) is 7.65. The summed E-state index contributed by atoms with van der Waals surface area (Å²) in [4.78, 5) is 12.3. The van der Waals surface area contributed by atoms with Gasteiger partial charge in [0.15, 0.2) is 0 Å². The molecular formula is C20H20FN3O2S. The fraction of sp³-hybridized carbons (Fsp3) is 0.250. The molecule has 0 saturated carbocycles. The van der Waals surface area contributed by atoms with E-state index < -0.39 is 5.25 Å². The highest BCUT2D eigenvalue weighted by Gasteiger charge is 2.18. The Bertz CT molecular complexity index is 920. The Morgan fingerprint density at radius 3 is 2.48 bits per heavy atom. The second-order valence-electron chi connectivity index (χ2n) is 6.35. The molecule has 0 bridgehead atoms. The molecule has 0 spiro atoms. The standard InChI is InChI=1S/C20H20FN3O2S/c1-12-8-13(2)10-16(9-12)19-23-24-20(26-19)27-14(3)18(25)22-11-15-4-6-17(21)7-5-15/h4-10,14H,11H2,1-3H3,(H,22,25)/t14-/m0/s1. The molecule has 1 amide bonds. The number of amides is 1. The predicted octanol–water partition coefficient (Wildman–Crippen LogP) is 4.29. The van der Waals surface area contributed by atoms with Gasteiger partial charge in [0.1, 0.15) is 5.82 Å². The van der Waals surface area contributed by atoms with Gasteiger partial charge in [-0.15, -0.1) is 10.2 Å². The van der Waals surface area contributed by atoms with Gasteiger partial charge in [0.25, 0.3) is 5.22 Å². The number of thioether (sulfide) groups is 1. The van der Waals surface area contributed by atoms with Gasteiger partial charge in [-0.25, -0.2) is 4.39 Å². The summed E-state index contributed by atoms with van der Waals surface area (Å²) in [6, 6.07) is 12.0. The minimum Gasteiger partial charge on any atom is -0.411 e. The maximum atomic E-state index is 12.9. The topological polar surface area (TPSA) is 68.0 Å². The van der Waals surface area contributed by atoms with E-state index in [1.54, 1.807) is 19.1 Å². The van der Waals surface area contributed by atoms with Crippen LogP contribution in [-0.4, -0.2) is 21.4 Å². The van der Waals surface area contributed by atoms with Crippen LogP contribution in [0, 0.1) is 19.7 Å². The average Bonchev–Trinajstić information content (AvgIpc) is 3.08. The van der Waals surface area contributed by atoms with Crippen LogP contribution in [-0.2, 0) is 11.3 Å². The molecule has 0 radical (unpaired) electrons. The molecule has 1 aromatic heterocycles. The van der Waals surface area contributed by atoms with E-state index in [2.05, 4.69) is 21.6 Å². The van der Waals surface area contributed by atoms with Gasteiger partial charge in [0, 0.05) is 12.1 Å². The van der Waals surface area contributed by atoms with Crippen molar-refractivity contribution in [3.8, 4) is 11.5 Å². The van der Waals surface area contributed by atoms with Gasteiger partial charge in [-0.1, -0.05) is 41.1 Å². The van der Waals surface area contributed by atoms with Gasteiger partial charge in [-0.05, 0) is 50.6 Å². The van der Waals surface area contributed by atoms with Gasteiger partial charge in [0.2, 0.25) is 11.8 Å². The van der Waals surface area contributed by atoms with E-state index in [0.717, 1.165) is 22.3 Å². The first-order valence-corrected chi connectivity index (χ1v) is 9.39. The summed E-state index contributed by atoms with van der Waals surface area (Å²) in [5.41, 5.74) is 3.92. The number of carbonyl (C=O) groups is 1. The van der Waals surface area contributed by atoms with Crippen LogP contribution in [0.5, 0.6) is 0 Å². The third-order valence-corrected chi connectivity index (χ3v) is 4.84. The first-order valence-electron chi connectivity index (χ1n) is 8.51. The number of hydrogen-bond donors (Lipinski definition) is 1. The highest BCUT2D eigenvalue weighted by atomic mass is 32.2. The molecule has 2 aromatic carbocycles. The van der Waals surface area contributed by atoms with Gasteiger partial charge in [-0.2, -0.15) is 0 Å². The second kappa shape index (κ2) is 8.35. The van der Waals surface area contributed by atoms with E-state index in [4.69, 9.17) is 4.42 Å². The molecule has 1 atom stereocenters. The molecule has 0 aliphatic heterocycles. The number of aromatic nitrogens is 2. The average molecular weight is 385 g/mol. The highest BCUT2D eigenvalue weighted by molar-refractivity contribution is 8.00. The summed E-state index contributed by atoms with van der Waals surface area (Å²) in [5.74, 6) is -0.0244. The van der Waals surface area contributed by atoms with E-state index >= 15 is 0 Å². The first-order chi connectivity index (χ1) is 12.9. The normalized spacial score (nSPS) is 12.0. The fourth-order valence-corrected chi connectivity index (χ4v) is 3.32. The van der Waals surface area contributed by atoms with Gasteiger partial charge < -0.3 is 9.73 Å². The summed E-state index contributed by atoms with van der Waals surface area (Å²) in [7, 11) is 0. The maximum Gasteiger partial charge on any atom is 0.277 e. The van der Waals surface area contributed by atoms with Crippen molar-refractivity contribution in [2.45, 2.75) is 37.8 Å². The molecule has 0 saturated heterocycles. The lowest BCUT2D eigenvalue weighted by atomic mass is 10.1. The van der Waals surface area contributed by atoms with Crippen LogP contribution in [0.25, 0.3) is 11.5 Å². The van der Waals surface area contributed by atoms with Crippen molar-refractivity contribution in [1.82, 2.24) is 15.5 Å². The summed E-state index contributed by atoms with van der Waals surface area (Å²) < 4.78 is 18.6. The van der Waals surface area contributed by atoms with Crippen molar-refractivity contribution in [2.75, 3.05) is 0 Å². The number of nitrogens with zero attached hydrogens (tertiary/aromatic N) is 2. The van der Waals surface area contributed by atoms with E-state index in [1.807, 2.05) is 26.0 Å². The van der Waals surface area contributed by atoms with Gasteiger partial charge in [-0.3, -0.25) is 4.79 Å². The van der Waals surface area contributed by atoms with E-state index in [-0.39, 0.29) is 11.7 Å². The van der Waals surface area contributed by atoms with Crippen molar-refractivity contribution in [3.63, 3.8) is 0 Å². The molecule has 27 heavy (non-hydrogen) atoms. The van der Waals surface area contributed by atoms with Gasteiger partial charge >= 0.3 is 0 Å². The Kier molecular flexibility index (Phi) is 5.91. The Morgan fingerprint density at radius 1 is 1.15 bits per heavy atom.